The van der Waals surface area contributed by atoms with Crippen LogP contribution in [0.3, 0.4) is 0 Å². The number of nitrogens with zero attached hydrogens (tertiary/aromatic N) is 3. The van der Waals surface area contributed by atoms with Crippen molar-refractivity contribution in [1.29, 1.82) is 0 Å². The average Bonchev–Trinajstić information content (AvgIpc) is 4.28. The van der Waals surface area contributed by atoms with E-state index in [1.54, 1.807) is 0 Å². The predicted octanol–water partition coefficient (Wildman–Crippen LogP) is 15.0. The smallest absolute Gasteiger partial charge is 0.160 e. The van der Waals surface area contributed by atoms with Gasteiger partial charge in [-0.15, -0.1) is 0 Å². The molecule has 0 radical (unpaired) electrons. The first-order chi connectivity index (χ1) is 31.2. The summed E-state index contributed by atoms with van der Waals surface area (Å²) in [7, 11) is 0. The molecule has 5 aliphatic carbocycles. The standard InChI is InChI=1S/C60H41N3/c1-5-17-38(18-6-1)46-27-15-29-54-57(46)58-49(56-47-25-13-14-26-48(47)56)28-16-30-55(58)63(54)59-50(39-19-7-2-8-20-39)35-45(36-51(59)43-32-31-42-33-44(42)34-43)60-61-52(40-21-9-3-10-22-40)37-53(62-60)41-23-11-4-12-24-41/h1-3,5-11,13-37,44,47H,4,12H2/t44-,47?/m0/s1. The number of hydrogen-bond donors (Lipinski definition) is 0. The fourth-order valence-electron chi connectivity index (χ4n) is 10.2. The van der Waals surface area contributed by atoms with Gasteiger partial charge in [0.25, 0.3) is 0 Å². The molecular weight excluding hydrogens is 763 g/mol. The van der Waals surface area contributed by atoms with E-state index in [2.05, 4.69) is 217 Å². The molecule has 5 aliphatic rings. The molecule has 296 valence electrons. The summed E-state index contributed by atoms with van der Waals surface area (Å²) in [6, 6.07) is 53.0. The predicted molar refractivity (Wildman–Crippen MR) is 262 cm³/mol. The molecule has 0 bridgehead atoms. The summed E-state index contributed by atoms with van der Waals surface area (Å²) >= 11 is 0. The quantitative estimate of drug-likeness (QED) is 0.153. The van der Waals surface area contributed by atoms with Gasteiger partial charge in [0.2, 0.25) is 0 Å². The zero-order chi connectivity index (χ0) is 41.4. The maximum absolute atomic E-state index is 5.41. The molecule has 13 rings (SSSR count). The molecule has 2 heterocycles. The van der Waals surface area contributed by atoms with Crippen LogP contribution in [0.4, 0.5) is 0 Å². The monoisotopic (exact) mass is 803 g/mol. The van der Waals surface area contributed by atoms with E-state index in [0.29, 0.717) is 17.7 Å². The van der Waals surface area contributed by atoms with Crippen molar-refractivity contribution < 1.29 is 0 Å². The Balaban J connectivity index is 1.14. The number of benzene rings is 6. The van der Waals surface area contributed by atoms with Crippen LogP contribution < -0.4 is 0 Å². The largest absolute Gasteiger partial charge is 0.308 e. The maximum Gasteiger partial charge on any atom is 0.160 e. The van der Waals surface area contributed by atoms with Crippen LogP contribution in [0.25, 0.3) is 89.1 Å². The van der Waals surface area contributed by atoms with Gasteiger partial charge in [0.15, 0.2) is 5.82 Å². The Morgan fingerprint density at radius 3 is 1.87 bits per heavy atom. The van der Waals surface area contributed by atoms with Gasteiger partial charge in [0.05, 0.1) is 28.1 Å². The molecule has 3 heteroatoms. The molecule has 63 heavy (non-hydrogen) atoms. The second kappa shape index (κ2) is 14.4. The third kappa shape index (κ3) is 6.03. The number of rotatable bonds is 8. The molecule has 6 aromatic carbocycles. The van der Waals surface area contributed by atoms with Crippen LogP contribution in [-0.2, 0) is 0 Å². The van der Waals surface area contributed by atoms with Crippen molar-refractivity contribution in [2.45, 2.75) is 12.8 Å². The SMILES string of the molecule is C1=CC2=C(c3cccc4c3c3c(-c5ccccc5)cccc3n4-c3c(C4=C[C@@H]5C=C5C=C4)cc(-c4nc(C5=CCCC=C5)cc(-c5ccccc5)n4)cc3-c3ccccc3)C2C=C1. The highest BCUT2D eigenvalue weighted by Crippen LogP contribution is 2.54. The molecule has 2 atom stereocenters. The molecule has 0 spiro atoms. The van der Waals surface area contributed by atoms with Gasteiger partial charge in [-0.2, -0.15) is 0 Å². The zero-order valence-corrected chi connectivity index (χ0v) is 34.6. The van der Waals surface area contributed by atoms with Crippen LogP contribution in [-0.4, -0.2) is 14.5 Å². The van der Waals surface area contributed by atoms with Gasteiger partial charge < -0.3 is 4.57 Å². The van der Waals surface area contributed by atoms with Crippen molar-refractivity contribution in [3.8, 4) is 50.6 Å². The second-order valence-electron chi connectivity index (χ2n) is 17.1. The van der Waals surface area contributed by atoms with Crippen LogP contribution in [0.2, 0.25) is 0 Å². The van der Waals surface area contributed by atoms with Crippen molar-refractivity contribution in [1.82, 2.24) is 14.5 Å². The summed E-state index contributed by atoms with van der Waals surface area (Å²) in [5, 5.41) is 2.56. The first-order valence-corrected chi connectivity index (χ1v) is 22.1. The number of aromatic nitrogens is 3. The Kier molecular flexibility index (Phi) is 8.17. The van der Waals surface area contributed by atoms with Crippen molar-refractivity contribution in [2.75, 3.05) is 0 Å². The van der Waals surface area contributed by atoms with E-state index >= 15 is 0 Å². The lowest BCUT2D eigenvalue weighted by Gasteiger charge is -2.22. The first-order valence-electron chi connectivity index (χ1n) is 22.1. The Morgan fingerprint density at radius 2 is 1.17 bits per heavy atom. The highest BCUT2D eigenvalue weighted by Gasteiger charge is 2.37. The lowest BCUT2D eigenvalue weighted by Crippen LogP contribution is -2.05. The van der Waals surface area contributed by atoms with Gasteiger partial charge >= 0.3 is 0 Å². The third-order valence-electron chi connectivity index (χ3n) is 13.3. The molecule has 0 N–H and O–H groups in total. The molecule has 8 aromatic rings. The Hall–Kier alpha value is -7.88. The summed E-state index contributed by atoms with van der Waals surface area (Å²) in [5.74, 6) is 1.41. The molecule has 2 aromatic heterocycles. The minimum Gasteiger partial charge on any atom is -0.308 e. The molecule has 0 saturated heterocycles. The number of allylic oxidation sites excluding steroid dienone is 16. The topological polar surface area (TPSA) is 30.7 Å². The normalized spacial score (nSPS) is 18.0. The Labute approximate surface area is 367 Å². The number of fused-ring (bicyclic) bond motifs is 5. The molecular formula is C60H41N3. The van der Waals surface area contributed by atoms with Gasteiger partial charge in [0, 0.05) is 44.9 Å². The molecule has 0 aliphatic heterocycles. The second-order valence-corrected chi connectivity index (χ2v) is 17.1. The van der Waals surface area contributed by atoms with Crippen molar-refractivity contribution >= 4 is 38.5 Å². The lowest BCUT2D eigenvalue weighted by molar-refractivity contribution is 1.03. The van der Waals surface area contributed by atoms with Crippen LogP contribution in [0, 0.1) is 11.8 Å². The molecule has 0 saturated carbocycles. The summed E-state index contributed by atoms with van der Waals surface area (Å²) in [4.78, 5) is 10.8. The van der Waals surface area contributed by atoms with E-state index in [0.717, 1.165) is 63.3 Å². The lowest BCUT2D eigenvalue weighted by atomic mass is 9.90. The van der Waals surface area contributed by atoms with Crippen LogP contribution in [0.5, 0.6) is 0 Å². The summed E-state index contributed by atoms with van der Waals surface area (Å²) in [6.45, 7) is 0. The van der Waals surface area contributed by atoms with Crippen molar-refractivity contribution in [3.63, 3.8) is 0 Å². The third-order valence-corrected chi connectivity index (χ3v) is 13.3. The zero-order valence-electron chi connectivity index (χ0n) is 34.6. The maximum atomic E-state index is 5.41. The molecule has 0 fully saturated rings. The highest BCUT2D eigenvalue weighted by molar-refractivity contribution is 6.21. The van der Waals surface area contributed by atoms with E-state index in [-0.39, 0.29) is 0 Å². The van der Waals surface area contributed by atoms with E-state index in [1.165, 1.54) is 60.8 Å². The first kappa shape index (κ1) is 35.8. The fraction of sp³-hybridized carbons (Fsp3) is 0.0667. The van der Waals surface area contributed by atoms with E-state index in [4.69, 9.17) is 9.97 Å². The molecule has 1 unspecified atom stereocenters. The number of hydrogen-bond acceptors (Lipinski definition) is 2. The Bertz CT molecular complexity index is 3480. The summed E-state index contributed by atoms with van der Waals surface area (Å²) in [5.41, 5.74) is 21.1. The minimum atomic E-state index is 0.346. The van der Waals surface area contributed by atoms with Crippen molar-refractivity contribution in [3.05, 3.63) is 240 Å². The van der Waals surface area contributed by atoms with Gasteiger partial charge in [0.1, 0.15) is 0 Å². The minimum absolute atomic E-state index is 0.346. The molecule has 3 nitrogen and oxygen atoms in total. The van der Waals surface area contributed by atoms with Crippen molar-refractivity contribution in [2.24, 2.45) is 11.8 Å². The average molecular weight is 804 g/mol. The van der Waals surface area contributed by atoms with E-state index in [9.17, 15) is 0 Å². The van der Waals surface area contributed by atoms with Crippen LogP contribution in [0.1, 0.15) is 29.7 Å². The van der Waals surface area contributed by atoms with Gasteiger partial charge in [-0.25, -0.2) is 9.97 Å². The summed E-state index contributed by atoms with van der Waals surface area (Å²) in [6.07, 6.45) is 27.2. The van der Waals surface area contributed by atoms with Crippen LogP contribution in [0.15, 0.2) is 224 Å². The van der Waals surface area contributed by atoms with E-state index in [1.807, 2.05) is 0 Å². The summed E-state index contributed by atoms with van der Waals surface area (Å²) < 4.78 is 2.57. The Morgan fingerprint density at radius 1 is 0.492 bits per heavy atom. The van der Waals surface area contributed by atoms with Gasteiger partial charge in [-0.3, -0.25) is 0 Å². The highest BCUT2D eigenvalue weighted by atomic mass is 15.0. The van der Waals surface area contributed by atoms with Gasteiger partial charge in [-0.05, 0) is 93.3 Å². The van der Waals surface area contributed by atoms with Gasteiger partial charge in [-0.1, -0.05) is 182 Å². The van der Waals surface area contributed by atoms with Crippen LogP contribution >= 0.6 is 0 Å². The van der Waals surface area contributed by atoms with E-state index < -0.39 is 0 Å². The molecule has 0 amide bonds. The fourth-order valence-corrected chi connectivity index (χ4v) is 10.2.